The van der Waals surface area contributed by atoms with Crippen LogP contribution in [-0.2, 0) is 13.0 Å². The second-order valence-corrected chi connectivity index (χ2v) is 3.42. The molecule has 0 spiro atoms. The van der Waals surface area contributed by atoms with Crippen molar-refractivity contribution in [2.24, 2.45) is 0 Å². The van der Waals surface area contributed by atoms with E-state index in [2.05, 4.69) is 16.5 Å². The summed E-state index contributed by atoms with van der Waals surface area (Å²) in [6, 6.07) is 0. The number of rotatable bonds is 5. The van der Waals surface area contributed by atoms with Gasteiger partial charge < -0.3 is 9.67 Å². The highest BCUT2D eigenvalue weighted by Gasteiger charge is 2.02. The third-order valence-corrected chi connectivity index (χ3v) is 2.06. The number of aromatic nitrogens is 2. The summed E-state index contributed by atoms with van der Waals surface area (Å²) >= 11 is 0. The zero-order valence-corrected chi connectivity index (χ0v) is 8.40. The third kappa shape index (κ3) is 3.19. The van der Waals surface area contributed by atoms with Gasteiger partial charge in [0.25, 0.3) is 0 Å². The molecule has 1 unspecified atom stereocenters. The van der Waals surface area contributed by atoms with Gasteiger partial charge in [0.15, 0.2) is 0 Å². The van der Waals surface area contributed by atoms with Crippen LogP contribution in [0.4, 0.5) is 0 Å². The quantitative estimate of drug-likeness (QED) is 0.751. The lowest BCUT2D eigenvalue weighted by molar-refractivity contribution is 0.177. The van der Waals surface area contributed by atoms with E-state index in [1.54, 1.807) is 0 Å². The minimum atomic E-state index is -0.225. The van der Waals surface area contributed by atoms with E-state index in [0.717, 1.165) is 31.6 Å². The molecule has 1 aromatic heterocycles. The lowest BCUT2D eigenvalue weighted by atomic mass is 10.2. The maximum atomic E-state index is 9.14. The summed E-state index contributed by atoms with van der Waals surface area (Å²) in [6.07, 6.45) is 6.52. The molecule has 0 amide bonds. The first-order chi connectivity index (χ1) is 6.24. The van der Waals surface area contributed by atoms with Crippen LogP contribution in [-0.4, -0.2) is 20.8 Å². The predicted octanol–water partition coefficient (Wildman–Crippen LogP) is 1.61. The molecule has 3 heteroatoms. The molecule has 0 aliphatic heterocycles. The molecule has 1 rings (SSSR count). The van der Waals surface area contributed by atoms with Crippen LogP contribution in [0.1, 0.15) is 32.5 Å². The molecule has 0 aromatic carbocycles. The number of nitrogens with zero attached hydrogens (tertiary/aromatic N) is 2. The number of imidazole rings is 1. The number of aryl methyl sites for hydroxylation is 2. The van der Waals surface area contributed by atoms with Gasteiger partial charge in [0.2, 0.25) is 0 Å². The zero-order valence-electron chi connectivity index (χ0n) is 8.40. The van der Waals surface area contributed by atoms with Crippen LogP contribution in [0.15, 0.2) is 12.4 Å². The summed E-state index contributed by atoms with van der Waals surface area (Å²) in [6.45, 7) is 4.83. The second kappa shape index (κ2) is 5.02. The molecule has 0 saturated carbocycles. The maximum Gasteiger partial charge on any atom is 0.108 e. The summed E-state index contributed by atoms with van der Waals surface area (Å²) in [5.74, 6) is 1.13. The Morgan fingerprint density at radius 1 is 1.62 bits per heavy atom. The van der Waals surface area contributed by atoms with Crippen LogP contribution >= 0.6 is 0 Å². The molecule has 0 saturated heterocycles. The highest BCUT2D eigenvalue weighted by molar-refractivity contribution is 4.92. The van der Waals surface area contributed by atoms with Gasteiger partial charge >= 0.3 is 0 Å². The van der Waals surface area contributed by atoms with Gasteiger partial charge in [-0.05, 0) is 19.8 Å². The average Bonchev–Trinajstić information content (AvgIpc) is 2.49. The van der Waals surface area contributed by atoms with Crippen molar-refractivity contribution in [3.8, 4) is 0 Å². The normalized spacial score (nSPS) is 13.2. The van der Waals surface area contributed by atoms with Crippen LogP contribution in [0.3, 0.4) is 0 Å². The molecule has 0 aliphatic rings. The first kappa shape index (κ1) is 10.3. The van der Waals surface area contributed by atoms with Crippen molar-refractivity contribution in [3.63, 3.8) is 0 Å². The highest BCUT2D eigenvalue weighted by atomic mass is 16.3. The second-order valence-electron chi connectivity index (χ2n) is 3.42. The van der Waals surface area contributed by atoms with Crippen LogP contribution in [0.25, 0.3) is 0 Å². The molecule has 74 valence electrons. The lowest BCUT2D eigenvalue weighted by Crippen LogP contribution is -2.09. The Hall–Kier alpha value is -0.830. The number of hydrogen-bond donors (Lipinski definition) is 1. The van der Waals surface area contributed by atoms with Crippen molar-refractivity contribution in [3.05, 3.63) is 18.2 Å². The van der Waals surface area contributed by atoms with Gasteiger partial charge in [0, 0.05) is 25.4 Å². The average molecular weight is 182 g/mol. The summed E-state index contributed by atoms with van der Waals surface area (Å²) in [4.78, 5) is 4.27. The molecule has 0 radical (unpaired) electrons. The van der Waals surface area contributed by atoms with Crippen LogP contribution in [0.2, 0.25) is 0 Å². The minimum absolute atomic E-state index is 0.225. The van der Waals surface area contributed by atoms with Crippen molar-refractivity contribution in [1.82, 2.24) is 9.55 Å². The molecular formula is C10H18N2O. The molecule has 0 aliphatic carbocycles. The highest BCUT2D eigenvalue weighted by Crippen LogP contribution is 2.03. The molecule has 3 nitrogen and oxygen atoms in total. The van der Waals surface area contributed by atoms with Crippen molar-refractivity contribution in [2.75, 3.05) is 0 Å². The van der Waals surface area contributed by atoms with Gasteiger partial charge in [-0.2, -0.15) is 0 Å². The molecule has 1 atom stereocenters. The van der Waals surface area contributed by atoms with Crippen LogP contribution < -0.4 is 0 Å². The van der Waals surface area contributed by atoms with E-state index in [1.807, 2.05) is 19.3 Å². The van der Waals surface area contributed by atoms with Gasteiger partial charge in [-0.15, -0.1) is 0 Å². The van der Waals surface area contributed by atoms with Gasteiger partial charge in [-0.25, -0.2) is 4.98 Å². The summed E-state index contributed by atoms with van der Waals surface area (Å²) in [5.41, 5.74) is 0. The van der Waals surface area contributed by atoms with Crippen molar-refractivity contribution >= 4 is 0 Å². The molecule has 1 aromatic rings. The maximum absolute atomic E-state index is 9.14. The molecular weight excluding hydrogens is 164 g/mol. The van der Waals surface area contributed by atoms with E-state index in [9.17, 15) is 0 Å². The fraction of sp³-hybridized carbons (Fsp3) is 0.700. The molecule has 0 bridgehead atoms. The fourth-order valence-electron chi connectivity index (χ4n) is 1.32. The van der Waals surface area contributed by atoms with Gasteiger partial charge in [-0.3, -0.25) is 0 Å². The molecule has 0 fully saturated rings. The third-order valence-electron chi connectivity index (χ3n) is 2.06. The number of hydrogen-bond acceptors (Lipinski definition) is 2. The Morgan fingerprint density at radius 3 is 3.00 bits per heavy atom. The summed E-state index contributed by atoms with van der Waals surface area (Å²) in [7, 11) is 0. The van der Waals surface area contributed by atoms with Crippen molar-refractivity contribution < 1.29 is 5.11 Å². The monoisotopic (exact) mass is 182 g/mol. The largest absolute Gasteiger partial charge is 0.393 e. The molecule has 1 N–H and O–H groups in total. The Kier molecular flexibility index (Phi) is 3.96. The van der Waals surface area contributed by atoms with E-state index in [-0.39, 0.29) is 6.10 Å². The number of aliphatic hydroxyl groups is 1. The van der Waals surface area contributed by atoms with E-state index in [0.29, 0.717) is 0 Å². The zero-order chi connectivity index (χ0) is 9.68. The SMILES string of the molecule is CCCc1nccn1CCC(C)O. The van der Waals surface area contributed by atoms with E-state index < -0.39 is 0 Å². The fourth-order valence-corrected chi connectivity index (χ4v) is 1.32. The van der Waals surface area contributed by atoms with Gasteiger partial charge in [0.05, 0.1) is 6.10 Å². The Labute approximate surface area is 79.4 Å². The van der Waals surface area contributed by atoms with E-state index >= 15 is 0 Å². The van der Waals surface area contributed by atoms with Gasteiger partial charge in [-0.1, -0.05) is 6.92 Å². The Morgan fingerprint density at radius 2 is 2.38 bits per heavy atom. The van der Waals surface area contributed by atoms with Gasteiger partial charge in [0.1, 0.15) is 5.82 Å². The standard InChI is InChI=1S/C10H18N2O/c1-3-4-10-11-6-8-12(10)7-5-9(2)13/h6,8-9,13H,3-5,7H2,1-2H3. The van der Waals surface area contributed by atoms with Crippen LogP contribution in [0, 0.1) is 0 Å². The Bertz CT molecular complexity index is 243. The van der Waals surface area contributed by atoms with Crippen molar-refractivity contribution in [1.29, 1.82) is 0 Å². The topological polar surface area (TPSA) is 38.0 Å². The summed E-state index contributed by atoms with van der Waals surface area (Å²) in [5, 5.41) is 9.14. The van der Waals surface area contributed by atoms with E-state index in [1.165, 1.54) is 0 Å². The first-order valence-electron chi connectivity index (χ1n) is 4.92. The Balaban J connectivity index is 2.49. The first-order valence-corrected chi connectivity index (χ1v) is 4.92. The molecule has 13 heavy (non-hydrogen) atoms. The lowest BCUT2D eigenvalue weighted by Gasteiger charge is -2.08. The van der Waals surface area contributed by atoms with Crippen molar-refractivity contribution in [2.45, 2.75) is 45.8 Å². The minimum Gasteiger partial charge on any atom is -0.393 e. The van der Waals surface area contributed by atoms with Crippen LogP contribution in [0.5, 0.6) is 0 Å². The van der Waals surface area contributed by atoms with E-state index in [4.69, 9.17) is 5.11 Å². The number of aliphatic hydroxyl groups excluding tert-OH is 1. The smallest absolute Gasteiger partial charge is 0.108 e. The summed E-state index contributed by atoms with van der Waals surface area (Å²) < 4.78 is 2.12. The predicted molar refractivity (Wildman–Crippen MR) is 52.5 cm³/mol. The molecule has 1 heterocycles.